The fourth-order valence-corrected chi connectivity index (χ4v) is 4.65. The standard InChI is InChI=1S/C27H22ClNO6/c1-33-18-7-3-15(4-8-18)11-12-29-24(16-5-9-20(30)22(13-16)34-2)23-25(31)19-14-17(28)6-10-21(19)35-26(23)27(29)32/h3-10,13-14,24,30H,11-12H2,1-2H3/t24-/m1/s1. The summed E-state index contributed by atoms with van der Waals surface area (Å²) in [4.78, 5) is 28.8. The van der Waals surface area contributed by atoms with E-state index in [0.29, 0.717) is 34.5 Å². The van der Waals surface area contributed by atoms with Crippen LogP contribution in [0.2, 0.25) is 5.02 Å². The van der Waals surface area contributed by atoms with Crippen LogP contribution in [-0.2, 0) is 6.42 Å². The minimum absolute atomic E-state index is 0.0107. The summed E-state index contributed by atoms with van der Waals surface area (Å²) in [6, 6.07) is 16.4. The highest BCUT2D eigenvalue weighted by Crippen LogP contribution is 2.41. The second-order valence-electron chi connectivity index (χ2n) is 8.24. The summed E-state index contributed by atoms with van der Waals surface area (Å²) in [5, 5.41) is 10.8. The van der Waals surface area contributed by atoms with Crippen molar-refractivity contribution in [1.29, 1.82) is 0 Å². The van der Waals surface area contributed by atoms with Gasteiger partial charge in [0.15, 0.2) is 16.9 Å². The fraction of sp³-hybridized carbons (Fsp3) is 0.185. The summed E-state index contributed by atoms with van der Waals surface area (Å²) in [5.41, 5.74) is 1.85. The Labute approximate surface area is 206 Å². The van der Waals surface area contributed by atoms with Gasteiger partial charge in [-0.25, -0.2) is 0 Å². The number of fused-ring (bicyclic) bond motifs is 2. The van der Waals surface area contributed by atoms with Crippen molar-refractivity contribution in [3.8, 4) is 17.2 Å². The van der Waals surface area contributed by atoms with Gasteiger partial charge in [0.25, 0.3) is 5.91 Å². The number of halogens is 1. The van der Waals surface area contributed by atoms with Gasteiger partial charge >= 0.3 is 0 Å². The third kappa shape index (κ3) is 3.98. The largest absolute Gasteiger partial charge is 0.504 e. The Morgan fingerprint density at radius 3 is 2.49 bits per heavy atom. The molecule has 178 valence electrons. The molecule has 0 bridgehead atoms. The minimum Gasteiger partial charge on any atom is -0.504 e. The van der Waals surface area contributed by atoms with Gasteiger partial charge in [-0.05, 0) is 60.0 Å². The number of benzene rings is 3. The van der Waals surface area contributed by atoms with Crippen LogP contribution in [0.5, 0.6) is 17.2 Å². The molecule has 3 aromatic carbocycles. The Balaban J connectivity index is 1.62. The number of phenolic OH excluding ortho intramolecular Hbond substituents is 1. The lowest BCUT2D eigenvalue weighted by atomic mass is 9.97. The van der Waals surface area contributed by atoms with Crippen molar-refractivity contribution in [1.82, 2.24) is 4.90 Å². The van der Waals surface area contributed by atoms with Gasteiger partial charge in [-0.15, -0.1) is 0 Å². The van der Waals surface area contributed by atoms with Crippen LogP contribution in [0.25, 0.3) is 11.0 Å². The summed E-state index contributed by atoms with van der Waals surface area (Å²) < 4.78 is 16.4. The number of ether oxygens (including phenoxy) is 2. The Hall–Kier alpha value is -3.97. The SMILES string of the molecule is COc1ccc(CCN2C(=O)c3oc4ccc(Cl)cc4c(=O)c3[C@H]2c2ccc(O)c(OC)c2)cc1. The molecule has 0 saturated heterocycles. The van der Waals surface area contributed by atoms with Crippen LogP contribution >= 0.6 is 11.6 Å². The first-order valence-corrected chi connectivity index (χ1v) is 11.4. The van der Waals surface area contributed by atoms with Crippen LogP contribution in [0.4, 0.5) is 0 Å². The summed E-state index contributed by atoms with van der Waals surface area (Å²) in [7, 11) is 3.05. The summed E-state index contributed by atoms with van der Waals surface area (Å²) in [5.74, 6) is 0.582. The highest BCUT2D eigenvalue weighted by atomic mass is 35.5. The highest BCUT2D eigenvalue weighted by molar-refractivity contribution is 6.31. The Kier molecular flexibility index (Phi) is 5.86. The molecule has 2 heterocycles. The molecule has 0 saturated carbocycles. The van der Waals surface area contributed by atoms with Crippen molar-refractivity contribution in [2.24, 2.45) is 0 Å². The van der Waals surface area contributed by atoms with Crippen LogP contribution in [0, 0.1) is 0 Å². The predicted octanol–water partition coefficient (Wildman–Crippen LogP) is 4.96. The van der Waals surface area contributed by atoms with Crippen molar-refractivity contribution < 1.29 is 23.8 Å². The normalized spacial score (nSPS) is 14.9. The van der Waals surface area contributed by atoms with E-state index in [9.17, 15) is 14.7 Å². The van der Waals surface area contributed by atoms with Gasteiger partial charge in [0, 0.05) is 11.6 Å². The van der Waals surface area contributed by atoms with Gasteiger partial charge in [0.1, 0.15) is 11.3 Å². The van der Waals surface area contributed by atoms with E-state index < -0.39 is 6.04 Å². The molecule has 1 aromatic heterocycles. The number of carbonyl (C=O) groups excluding carboxylic acids is 1. The van der Waals surface area contributed by atoms with Crippen molar-refractivity contribution in [3.63, 3.8) is 0 Å². The van der Waals surface area contributed by atoms with Crippen LogP contribution in [0.1, 0.15) is 33.3 Å². The van der Waals surface area contributed by atoms with E-state index in [2.05, 4.69) is 0 Å². The molecule has 1 amide bonds. The maximum atomic E-state index is 13.6. The average Bonchev–Trinajstić information content (AvgIpc) is 3.15. The molecule has 8 heteroatoms. The van der Waals surface area contributed by atoms with Crippen molar-refractivity contribution in [2.45, 2.75) is 12.5 Å². The zero-order chi connectivity index (χ0) is 24.7. The molecule has 0 fully saturated rings. The number of carbonyl (C=O) groups is 1. The van der Waals surface area contributed by atoms with Gasteiger partial charge in [-0.2, -0.15) is 0 Å². The molecule has 0 spiro atoms. The smallest absolute Gasteiger partial charge is 0.290 e. The molecule has 0 aliphatic carbocycles. The maximum absolute atomic E-state index is 13.6. The van der Waals surface area contributed by atoms with Crippen LogP contribution in [0.3, 0.4) is 0 Å². The first-order valence-electron chi connectivity index (χ1n) is 11.0. The highest BCUT2D eigenvalue weighted by Gasteiger charge is 2.42. The molecule has 7 nitrogen and oxygen atoms in total. The summed E-state index contributed by atoms with van der Waals surface area (Å²) >= 11 is 6.14. The predicted molar refractivity (Wildman–Crippen MR) is 132 cm³/mol. The molecular weight excluding hydrogens is 470 g/mol. The number of aromatic hydroxyl groups is 1. The topological polar surface area (TPSA) is 89.2 Å². The number of nitrogens with zero attached hydrogens (tertiary/aromatic N) is 1. The number of hydrogen-bond donors (Lipinski definition) is 1. The zero-order valence-electron chi connectivity index (χ0n) is 19.1. The van der Waals surface area contributed by atoms with E-state index in [0.717, 1.165) is 11.3 Å². The Morgan fingerprint density at radius 1 is 1.00 bits per heavy atom. The van der Waals surface area contributed by atoms with Gasteiger partial charge < -0.3 is 23.9 Å². The second-order valence-corrected chi connectivity index (χ2v) is 8.68. The molecule has 1 atom stereocenters. The van der Waals surface area contributed by atoms with E-state index >= 15 is 0 Å². The van der Waals surface area contributed by atoms with Gasteiger partial charge in [-0.3, -0.25) is 9.59 Å². The van der Waals surface area contributed by atoms with E-state index in [1.807, 2.05) is 24.3 Å². The average molecular weight is 492 g/mol. The second kappa shape index (κ2) is 9.00. The zero-order valence-corrected chi connectivity index (χ0v) is 19.8. The van der Waals surface area contributed by atoms with Crippen LogP contribution < -0.4 is 14.9 Å². The van der Waals surface area contributed by atoms with Gasteiger partial charge in [-0.1, -0.05) is 29.8 Å². The number of rotatable bonds is 6. The molecule has 4 aromatic rings. The van der Waals surface area contributed by atoms with Gasteiger partial charge in [0.05, 0.1) is 31.2 Å². The lowest BCUT2D eigenvalue weighted by molar-refractivity contribution is 0.0730. The Bertz CT molecular complexity index is 1490. The van der Waals surface area contributed by atoms with E-state index in [-0.39, 0.29) is 34.2 Å². The minimum atomic E-state index is -0.718. The molecule has 1 aliphatic rings. The summed E-state index contributed by atoms with van der Waals surface area (Å²) in [6.07, 6.45) is 0.551. The quantitative estimate of drug-likeness (QED) is 0.410. The Morgan fingerprint density at radius 2 is 1.77 bits per heavy atom. The van der Waals surface area contributed by atoms with Crippen molar-refractivity contribution in [3.05, 3.63) is 98.4 Å². The molecule has 0 radical (unpaired) electrons. The number of methoxy groups -OCH3 is 2. The summed E-state index contributed by atoms with van der Waals surface area (Å²) in [6.45, 7) is 0.333. The number of phenols is 1. The fourth-order valence-electron chi connectivity index (χ4n) is 4.48. The molecule has 35 heavy (non-hydrogen) atoms. The number of amides is 1. The van der Waals surface area contributed by atoms with E-state index in [4.69, 9.17) is 25.5 Å². The van der Waals surface area contributed by atoms with Gasteiger partial charge in [0.2, 0.25) is 5.76 Å². The monoisotopic (exact) mass is 491 g/mol. The first-order chi connectivity index (χ1) is 16.9. The maximum Gasteiger partial charge on any atom is 0.290 e. The molecule has 5 rings (SSSR count). The number of hydrogen-bond acceptors (Lipinski definition) is 6. The van der Waals surface area contributed by atoms with E-state index in [1.165, 1.54) is 13.2 Å². The first kappa shape index (κ1) is 22.8. The molecule has 1 aliphatic heterocycles. The lowest BCUT2D eigenvalue weighted by Crippen LogP contribution is -2.31. The molecule has 0 unspecified atom stereocenters. The van der Waals surface area contributed by atoms with Crippen molar-refractivity contribution in [2.75, 3.05) is 20.8 Å². The third-order valence-corrected chi connectivity index (χ3v) is 6.48. The molecule has 1 N–H and O–H groups in total. The van der Waals surface area contributed by atoms with Crippen LogP contribution in [0.15, 0.2) is 69.9 Å². The third-order valence-electron chi connectivity index (χ3n) is 6.25. The van der Waals surface area contributed by atoms with E-state index in [1.54, 1.807) is 42.3 Å². The van der Waals surface area contributed by atoms with Crippen molar-refractivity contribution >= 4 is 28.5 Å². The lowest BCUT2D eigenvalue weighted by Gasteiger charge is -2.25. The van der Waals surface area contributed by atoms with Crippen LogP contribution in [-0.4, -0.2) is 36.7 Å². The molecular formula is C27H22ClNO6.